The van der Waals surface area contributed by atoms with Crippen molar-refractivity contribution >= 4 is 27.5 Å². The molecule has 0 radical (unpaired) electrons. The Balaban J connectivity index is 2.11. The Bertz CT molecular complexity index is 613. The first-order chi connectivity index (χ1) is 9.24. The van der Waals surface area contributed by atoms with Crippen LogP contribution in [0.25, 0.3) is 0 Å². The smallest absolute Gasteiger partial charge is 0.238 e. The first kappa shape index (κ1) is 12.4. The van der Waals surface area contributed by atoms with E-state index in [9.17, 15) is 4.79 Å². The van der Waals surface area contributed by atoms with Gasteiger partial charge in [0.25, 0.3) is 0 Å². The topological polar surface area (TPSA) is 41.1 Å². The van der Waals surface area contributed by atoms with Crippen LogP contribution in [0, 0.1) is 0 Å². The zero-order valence-electron chi connectivity index (χ0n) is 10.2. The molecule has 19 heavy (non-hydrogen) atoms. The molecular formula is C15H13BrN2O. The Morgan fingerprint density at radius 3 is 2.68 bits per heavy atom. The Morgan fingerprint density at radius 2 is 1.89 bits per heavy atom. The second-order valence-corrected chi connectivity index (χ2v) is 5.42. The highest BCUT2D eigenvalue weighted by Crippen LogP contribution is 2.32. The predicted octanol–water partition coefficient (Wildman–Crippen LogP) is 3.08. The molecule has 0 fully saturated rings. The number of rotatable bonds is 1. The molecule has 2 aromatic carbocycles. The summed E-state index contributed by atoms with van der Waals surface area (Å²) in [4.78, 5) is 11.7. The van der Waals surface area contributed by atoms with Gasteiger partial charge in [-0.3, -0.25) is 10.1 Å². The molecule has 1 aliphatic heterocycles. The molecule has 1 amide bonds. The van der Waals surface area contributed by atoms with Crippen molar-refractivity contribution in [3.05, 3.63) is 64.1 Å². The number of fused-ring (bicyclic) bond motifs is 1. The third kappa shape index (κ3) is 2.55. The molecule has 0 saturated carbocycles. The Hall–Kier alpha value is -1.65. The van der Waals surface area contributed by atoms with Crippen molar-refractivity contribution in [3.63, 3.8) is 0 Å². The summed E-state index contributed by atoms with van der Waals surface area (Å²) in [6.45, 7) is 0.311. The molecule has 2 N–H and O–H groups in total. The van der Waals surface area contributed by atoms with E-state index in [2.05, 4.69) is 38.7 Å². The van der Waals surface area contributed by atoms with Crippen molar-refractivity contribution in [1.29, 1.82) is 0 Å². The lowest BCUT2D eigenvalue weighted by Crippen LogP contribution is -2.27. The molecule has 1 heterocycles. The van der Waals surface area contributed by atoms with Crippen LogP contribution in [-0.4, -0.2) is 12.5 Å². The van der Waals surface area contributed by atoms with Gasteiger partial charge in [0, 0.05) is 10.2 Å². The van der Waals surface area contributed by atoms with Crippen LogP contribution in [0.15, 0.2) is 53.0 Å². The van der Waals surface area contributed by atoms with Crippen molar-refractivity contribution in [2.75, 3.05) is 11.9 Å². The molecule has 0 bridgehead atoms. The number of benzene rings is 2. The van der Waals surface area contributed by atoms with Gasteiger partial charge in [-0.25, -0.2) is 0 Å². The molecule has 0 aliphatic carbocycles. The quantitative estimate of drug-likeness (QED) is 0.849. The lowest BCUT2D eigenvalue weighted by molar-refractivity contribution is -0.115. The van der Waals surface area contributed by atoms with Gasteiger partial charge in [-0.1, -0.05) is 46.3 Å². The van der Waals surface area contributed by atoms with E-state index in [0.717, 1.165) is 21.3 Å². The van der Waals surface area contributed by atoms with Gasteiger partial charge in [0.05, 0.1) is 12.6 Å². The number of hydrogen-bond acceptors (Lipinski definition) is 2. The molecule has 1 aliphatic rings. The van der Waals surface area contributed by atoms with Crippen molar-refractivity contribution in [3.8, 4) is 0 Å². The minimum Gasteiger partial charge on any atom is -0.325 e. The Kier molecular flexibility index (Phi) is 3.36. The fraction of sp³-hybridized carbons (Fsp3) is 0.133. The summed E-state index contributed by atoms with van der Waals surface area (Å²) in [6.07, 6.45) is 0. The Morgan fingerprint density at radius 1 is 1.11 bits per heavy atom. The van der Waals surface area contributed by atoms with Crippen LogP contribution < -0.4 is 10.6 Å². The van der Waals surface area contributed by atoms with Gasteiger partial charge in [0.2, 0.25) is 5.91 Å². The summed E-state index contributed by atoms with van der Waals surface area (Å²) in [5, 5.41) is 6.23. The molecule has 3 nitrogen and oxygen atoms in total. The van der Waals surface area contributed by atoms with Gasteiger partial charge in [0.15, 0.2) is 0 Å². The van der Waals surface area contributed by atoms with Crippen molar-refractivity contribution in [1.82, 2.24) is 5.32 Å². The Labute approximate surface area is 120 Å². The lowest BCUT2D eigenvalue weighted by Gasteiger charge is -2.18. The molecular weight excluding hydrogens is 304 g/mol. The van der Waals surface area contributed by atoms with E-state index in [1.54, 1.807) is 0 Å². The fourth-order valence-corrected chi connectivity index (χ4v) is 2.71. The number of hydrogen-bond donors (Lipinski definition) is 2. The number of anilines is 1. The summed E-state index contributed by atoms with van der Waals surface area (Å²) in [6, 6.07) is 16.1. The standard InChI is InChI=1S/C15H13BrN2O/c16-11-6-7-13-12(8-11)15(17-9-14(19)18-13)10-4-2-1-3-5-10/h1-8,15,17H,9H2,(H,18,19)/t15-/m0/s1. The average molecular weight is 317 g/mol. The van der Waals surface area contributed by atoms with Gasteiger partial charge < -0.3 is 5.32 Å². The summed E-state index contributed by atoms with van der Waals surface area (Å²) >= 11 is 3.49. The number of nitrogens with one attached hydrogen (secondary N) is 2. The zero-order valence-corrected chi connectivity index (χ0v) is 11.8. The van der Waals surface area contributed by atoms with Crippen molar-refractivity contribution in [2.45, 2.75) is 6.04 Å². The highest BCUT2D eigenvalue weighted by molar-refractivity contribution is 9.10. The molecule has 2 aromatic rings. The van der Waals surface area contributed by atoms with Crippen LogP contribution >= 0.6 is 15.9 Å². The maximum absolute atomic E-state index is 11.7. The van der Waals surface area contributed by atoms with Crippen LogP contribution in [0.1, 0.15) is 17.2 Å². The molecule has 0 aromatic heterocycles. The van der Waals surface area contributed by atoms with E-state index in [-0.39, 0.29) is 11.9 Å². The maximum Gasteiger partial charge on any atom is 0.238 e. The van der Waals surface area contributed by atoms with E-state index >= 15 is 0 Å². The van der Waals surface area contributed by atoms with Crippen LogP contribution in [0.4, 0.5) is 5.69 Å². The first-order valence-corrected chi connectivity index (χ1v) is 6.91. The van der Waals surface area contributed by atoms with Crippen LogP contribution in [-0.2, 0) is 4.79 Å². The van der Waals surface area contributed by atoms with Crippen LogP contribution in [0.3, 0.4) is 0 Å². The third-order valence-corrected chi connectivity index (χ3v) is 3.69. The first-order valence-electron chi connectivity index (χ1n) is 6.11. The van der Waals surface area contributed by atoms with Crippen LogP contribution in [0.5, 0.6) is 0 Å². The van der Waals surface area contributed by atoms with E-state index in [4.69, 9.17) is 0 Å². The highest BCUT2D eigenvalue weighted by Gasteiger charge is 2.22. The molecule has 1 atom stereocenters. The average Bonchev–Trinajstić information content (AvgIpc) is 2.58. The largest absolute Gasteiger partial charge is 0.325 e. The molecule has 0 saturated heterocycles. The number of amides is 1. The minimum atomic E-state index is -0.0120. The van der Waals surface area contributed by atoms with Gasteiger partial charge in [-0.2, -0.15) is 0 Å². The van der Waals surface area contributed by atoms with Gasteiger partial charge >= 0.3 is 0 Å². The molecule has 0 spiro atoms. The molecule has 0 unspecified atom stereocenters. The molecule has 3 rings (SSSR count). The summed E-state index contributed by atoms with van der Waals surface area (Å²) in [5.74, 6) is -0.0120. The summed E-state index contributed by atoms with van der Waals surface area (Å²) in [5.41, 5.74) is 3.09. The minimum absolute atomic E-state index is 0.0120. The summed E-state index contributed by atoms with van der Waals surface area (Å²) in [7, 11) is 0. The van der Waals surface area contributed by atoms with Gasteiger partial charge in [-0.05, 0) is 29.3 Å². The molecule has 4 heteroatoms. The van der Waals surface area contributed by atoms with E-state index in [1.165, 1.54) is 0 Å². The van der Waals surface area contributed by atoms with Crippen LogP contribution in [0.2, 0.25) is 0 Å². The normalized spacial score (nSPS) is 18.4. The number of halogens is 1. The van der Waals surface area contributed by atoms with Crippen molar-refractivity contribution in [2.24, 2.45) is 0 Å². The SMILES string of the molecule is O=C1CN[C@@H](c2ccccc2)c2cc(Br)ccc2N1. The van der Waals surface area contributed by atoms with Gasteiger partial charge in [-0.15, -0.1) is 0 Å². The van der Waals surface area contributed by atoms with E-state index in [1.807, 2.05) is 36.4 Å². The lowest BCUT2D eigenvalue weighted by atomic mass is 9.97. The predicted molar refractivity (Wildman–Crippen MR) is 79.1 cm³/mol. The zero-order chi connectivity index (χ0) is 13.2. The maximum atomic E-state index is 11.7. The summed E-state index contributed by atoms with van der Waals surface area (Å²) < 4.78 is 1.00. The second kappa shape index (κ2) is 5.15. The van der Waals surface area contributed by atoms with E-state index < -0.39 is 0 Å². The monoisotopic (exact) mass is 316 g/mol. The number of carbonyl (C=O) groups is 1. The van der Waals surface area contributed by atoms with E-state index in [0.29, 0.717) is 6.54 Å². The van der Waals surface area contributed by atoms with Crippen molar-refractivity contribution < 1.29 is 4.79 Å². The fourth-order valence-electron chi connectivity index (χ4n) is 2.33. The molecule has 96 valence electrons. The second-order valence-electron chi connectivity index (χ2n) is 4.50. The number of carbonyl (C=O) groups excluding carboxylic acids is 1. The third-order valence-electron chi connectivity index (χ3n) is 3.20. The highest BCUT2D eigenvalue weighted by atomic mass is 79.9. The van der Waals surface area contributed by atoms with Gasteiger partial charge in [0.1, 0.15) is 0 Å².